The lowest BCUT2D eigenvalue weighted by molar-refractivity contribution is 0.0269. The van der Waals surface area contributed by atoms with E-state index in [1.807, 2.05) is 4.57 Å². The number of fused-ring (bicyclic) bond motifs is 4. The van der Waals surface area contributed by atoms with Gasteiger partial charge < -0.3 is 4.74 Å². The molecule has 7 heteroatoms. The van der Waals surface area contributed by atoms with Crippen LogP contribution in [-0.4, -0.2) is 46.3 Å². The molecule has 0 spiro atoms. The van der Waals surface area contributed by atoms with Crippen molar-refractivity contribution in [2.24, 2.45) is 0 Å². The smallest absolute Gasteiger partial charge is 0.261 e. The van der Waals surface area contributed by atoms with Gasteiger partial charge in [0.15, 0.2) is 0 Å². The van der Waals surface area contributed by atoms with Crippen LogP contribution in [0.2, 0.25) is 10.0 Å². The van der Waals surface area contributed by atoms with Crippen molar-refractivity contribution >= 4 is 34.1 Å². The van der Waals surface area contributed by atoms with E-state index >= 15 is 0 Å². The Morgan fingerprint density at radius 2 is 2.00 bits per heavy atom. The Labute approximate surface area is 169 Å². The number of benzene rings is 1. The highest BCUT2D eigenvalue weighted by Crippen LogP contribution is 2.37. The molecule has 0 radical (unpaired) electrons. The molecule has 1 aromatic heterocycles. The Morgan fingerprint density at radius 3 is 2.78 bits per heavy atom. The van der Waals surface area contributed by atoms with Gasteiger partial charge in [0.05, 0.1) is 33.7 Å². The molecule has 146 valence electrons. The molecule has 2 aliphatic rings. The van der Waals surface area contributed by atoms with Gasteiger partial charge in [-0.15, -0.1) is 0 Å². The SMILES string of the molecule is CC(C)OCCN1CCC[C@@H]2c3nc4cc(Cl)c(Cl)cc4c(=O)n3CC[C@H]21. The lowest BCUT2D eigenvalue weighted by Gasteiger charge is -2.44. The standard InChI is InChI=1S/C20H25Cl2N3O2/c1-12(2)27-9-8-24-6-3-4-13-18(24)5-7-25-19(13)23-17-11-16(22)15(21)10-14(17)20(25)26/h10-13,18H,3-9H2,1-2H3/t13-,18+/m0/s1. The summed E-state index contributed by atoms with van der Waals surface area (Å²) < 4.78 is 7.60. The third-order valence-electron chi connectivity index (χ3n) is 5.73. The Hall–Kier alpha value is -1.14. The molecule has 1 aromatic carbocycles. The molecule has 27 heavy (non-hydrogen) atoms. The fourth-order valence-electron chi connectivity index (χ4n) is 4.49. The maximum atomic E-state index is 13.0. The van der Waals surface area contributed by atoms with Gasteiger partial charge >= 0.3 is 0 Å². The molecule has 4 rings (SSSR count). The number of hydrogen-bond donors (Lipinski definition) is 0. The van der Waals surface area contributed by atoms with Crippen LogP contribution in [0.15, 0.2) is 16.9 Å². The first-order chi connectivity index (χ1) is 13.0. The molecule has 0 unspecified atom stereocenters. The van der Waals surface area contributed by atoms with Gasteiger partial charge in [-0.2, -0.15) is 0 Å². The zero-order valence-electron chi connectivity index (χ0n) is 15.8. The van der Waals surface area contributed by atoms with Crippen molar-refractivity contribution in [1.82, 2.24) is 14.5 Å². The molecule has 0 N–H and O–H groups in total. The maximum absolute atomic E-state index is 13.0. The summed E-state index contributed by atoms with van der Waals surface area (Å²) in [6.45, 7) is 7.58. The molecule has 0 amide bonds. The molecule has 0 saturated carbocycles. The largest absolute Gasteiger partial charge is 0.377 e. The summed E-state index contributed by atoms with van der Waals surface area (Å²) >= 11 is 12.3. The second-order valence-electron chi connectivity index (χ2n) is 7.77. The number of nitrogens with zero attached hydrogens (tertiary/aromatic N) is 3. The molecule has 2 aliphatic heterocycles. The van der Waals surface area contributed by atoms with E-state index in [1.165, 1.54) is 0 Å². The van der Waals surface area contributed by atoms with Crippen molar-refractivity contribution in [3.63, 3.8) is 0 Å². The van der Waals surface area contributed by atoms with E-state index in [2.05, 4.69) is 18.7 Å². The second-order valence-corrected chi connectivity index (χ2v) is 8.58. The molecule has 0 bridgehead atoms. The fourth-order valence-corrected chi connectivity index (χ4v) is 4.81. The highest BCUT2D eigenvalue weighted by atomic mass is 35.5. The van der Waals surface area contributed by atoms with Crippen LogP contribution in [0.1, 0.15) is 44.9 Å². The minimum absolute atomic E-state index is 0.00715. The lowest BCUT2D eigenvalue weighted by atomic mass is 9.83. The Bertz CT molecular complexity index is 912. The third-order valence-corrected chi connectivity index (χ3v) is 6.45. The number of likely N-dealkylation sites (tertiary alicyclic amines) is 1. The van der Waals surface area contributed by atoms with Crippen LogP contribution in [0.3, 0.4) is 0 Å². The zero-order valence-corrected chi connectivity index (χ0v) is 17.3. The van der Waals surface area contributed by atoms with Gasteiger partial charge in [0.1, 0.15) is 5.82 Å². The molecule has 2 atom stereocenters. The van der Waals surface area contributed by atoms with Crippen molar-refractivity contribution in [3.8, 4) is 0 Å². The summed E-state index contributed by atoms with van der Waals surface area (Å²) in [5, 5.41) is 1.38. The first kappa shape index (κ1) is 19.2. The zero-order chi connectivity index (χ0) is 19.1. The topological polar surface area (TPSA) is 47.4 Å². The highest BCUT2D eigenvalue weighted by molar-refractivity contribution is 6.42. The molecule has 1 fully saturated rings. The quantitative estimate of drug-likeness (QED) is 0.762. The summed E-state index contributed by atoms with van der Waals surface area (Å²) in [7, 11) is 0. The van der Waals surface area contributed by atoms with Gasteiger partial charge in [0.2, 0.25) is 0 Å². The fraction of sp³-hybridized carbons (Fsp3) is 0.600. The normalized spacial score (nSPS) is 22.9. The van der Waals surface area contributed by atoms with Crippen molar-refractivity contribution in [2.45, 2.75) is 57.7 Å². The van der Waals surface area contributed by atoms with Gasteiger partial charge in [-0.1, -0.05) is 23.2 Å². The van der Waals surface area contributed by atoms with Crippen molar-refractivity contribution in [2.75, 3.05) is 19.7 Å². The number of hydrogen-bond acceptors (Lipinski definition) is 4. The number of piperidine rings is 1. The third kappa shape index (κ3) is 3.63. The van der Waals surface area contributed by atoms with Gasteiger partial charge in [0.25, 0.3) is 5.56 Å². The molecule has 0 aliphatic carbocycles. The number of aromatic nitrogens is 2. The Morgan fingerprint density at radius 1 is 1.22 bits per heavy atom. The molecular weight excluding hydrogens is 385 g/mol. The molecule has 5 nitrogen and oxygen atoms in total. The van der Waals surface area contributed by atoms with E-state index in [0.717, 1.165) is 44.8 Å². The summed E-state index contributed by atoms with van der Waals surface area (Å²) in [5.41, 5.74) is 0.633. The first-order valence-electron chi connectivity index (χ1n) is 9.71. The predicted molar refractivity (Wildman–Crippen MR) is 109 cm³/mol. The minimum Gasteiger partial charge on any atom is -0.377 e. The van der Waals surface area contributed by atoms with Gasteiger partial charge in [-0.05, 0) is 51.8 Å². The minimum atomic E-state index is -0.00715. The van der Waals surface area contributed by atoms with Crippen LogP contribution >= 0.6 is 23.2 Å². The molecule has 1 saturated heterocycles. The van der Waals surface area contributed by atoms with Crippen molar-refractivity contribution in [3.05, 3.63) is 38.4 Å². The van der Waals surface area contributed by atoms with Gasteiger partial charge in [-0.25, -0.2) is 4.98 Å². The summed E-state index contributed by atoms with van der Waals surface area (Å²) in [4.78, 5) is 20.4. The Kier molecular flexibility index (Phi) is 5.48. The number of halogens is 2. The summed E-state index contributed by atoms with van der Waals surface area (Å²) in [6, 6.07) is 3.77. The van der Waals surface area contributed by atoms with E-state index in [0.29, 0.717) is 33.5 Å². The number of rotatable bonds is 4. The second kappa shape index (κ2) is 7.70. The lowest BCUT2D eigenvalue weighted by Crippen LogP contribution is -2.50. The van der Waals surface area contributed by atoms with Crippen LogP contribution in [0.25, 0.3) is 10.9 Å². The van der Waals surface area contributed by atoms with E-state index in [-0.39, 0.29) is 17.6 Å². The monoisotopic (exact) mass is 409 g/mol. The average molecular weight is 410 g/mol. The van der Waals surface area contributed by atoms with Gasteiger partial charge in [-0.3, -0.25) is 14.3 Å². The highest BCUT2D eigenvalue weighted by Gasteiger charge is 2.38. The van der Waals surface area contributed by atoms with Crippen LogP contribution in [0, 0.1) is 0 Å². The summed E-state index contributed by atoms with van der Waals surface area (Å²) in [5.74, 6) is 1.18. The predicted octanol–water partition coefficient (Wildman–Crippen LogP) is 4.08. The van der Waals surface area contributed by atoms with Gasteiger partial charge in [0, 0.05) is 25.0 Å². The van der Waals surface area contributed by atoms with E-state index < -0.39 is 0 Å². The summed E-state index contributed by atoms with van der Waals surface area (Å²) in [6.07, 6.45) is 3.39. The van der Waals surface area contributed by atoms with Crippen LogP contribution in [0.5, 0.6) is 0 Å². The first-order valence-corrected chi connectivity index (χ1v) is 10.5. The van der Waals surface area contributed by atoms with E-state index in [9.17, 15) is 4.79 Å². The van der Waals surface area contributed by atoms with Crippen LogP contribution in [-0.2, 0) is 11.3 Å². The van der Waals surface area contributed by atoms with Crippen molar-refractivity contribution in [1.29, 1.82) is 0 Å². The number of ether oxygens (including phenoxy) is 1. The van der Waals surface area contributed by atoms with E-state index in [1.54, 1.807) is 12.1 Å². The van der Waals surface area contributed by atoms with Crippen molar-refractivity contribution < 1.29 is 4.74 Å². The molecule has 3 heterocycles. The molecule has 2 aromatic rings. The molecular formula is C20H25Cl2N3O2. The van der Waals surface area contributed by atoms with E-state index in [4.69, 9.17) is 32.9 Å². The maximum Gasteiger partial charge on any atom is 0.261 e. The van der Waals surface area contributed by atoms with Crippen LogP contribution in [0.4, 0.5) is 0 Å². The Balaban J connectivity index is 1.68. The van der Waals surface area contributed by atoms with Crippen LogP contribution < -0.4 is 5.56 Å². The average Bonchev–Trinajstić information content (AvgIpc) is 2.63.